The molecule has 0 radical (unpaired) electrons. The van der Waals surface area contributed by atoms with Gasteiger partial charge in [-0.1, -0.05) is 45.9 Å². The fourth-order valence-electron chi connectivity index (χ4n) is 6.53. The van der Waals surface area contributed by atoms with E-state index in [4.69, 9.17) is 15.0 Å². The first-order chi connectivity index (χ1) is 22.1. The molecule has 0 saturated carbocycles. The van der Waals surface area contributed by atoms with Gasteiger partial charge in [-0.15, -0.1) is 0 Å². The van der Waals surface area contributed by atoms with Crippen molar-refractivity contribution in [1.82, 2.24) is 19.5 Å². The summed E-state index contributed by atoms with van der Waals surface area (Å²) in [5.74, 6) is 0.835. The second-order valence-corrected chi connectivity index (χ2v) is 15.6. The molecule has 0 amide bonds. The molecule has 0 saturated heterocycles. The average molecular weight is 668 g/mol. The normalized spacial score (nSPS) is 12.2. The maximum absolute atomic E-state index is 5.32. The first-order valence-electron chi connectivity index (χ1n) is 16.2. The molecule has 0 bridgehead atoms. The molecule has 46 heavy (non-hydrogen) atoms. The van der Waals surface area contributed by atoms with Gasteiger partial charge in [0.05, 0.1) is 5.69 Å². The van der Waals surface area contributed by atoms with Crippen LogP contribution >= 0.6 is 0 Å². The molecule has 0 aliphatic carbocycles. The number of fused-ring (bicyclic) bond motifs is 3. The molecular formula is C41H40N4Se. The van der Waals surface area contributed by atoms with Crippen LogP contribution in [0.25, 0.3) is 47.6 Å². The number of para-hydroxylation sites is 1. The number of nitrogens with zero attached hydrogens (tertiary/aromatic N) is 4. The molecule has 0 spiro atoms. The first-order valence-corrected chi connectivity index (χ1v) is 17.9. The Bertz CT molecular complexity index is 2190. The molecule has 3 aromatic carbocycles. The second-order valence-electron chi connectivity index (χ2n) is 13.5. The summed E-state index contributed by atoms with van der Waals surface area (Å²) in [6.07, 6.45) is 4.16. The standard InChI is InChI=1S/C41H40N4Se/c1-25(2)30-14-9-15-31(26(3)4)38(30)45-23-36(42-24-45)28-12-8-13-29(22-28)41(6,7)37-19-11-18-35(44-37)34-17-10-16-32-33-21-20-27(5)43-40(33)46-39(32)34/h8-26H,1-7H3. The quantitative estimate of drug-likeness (QED) is 0.159. The molecule has 4 heterocycles. The molecule has 5 heteroatoms. The first kappa shape index (κ1) is 30.3. The molecule has 0 N–H and O–H groups in total. The molecule has 0 aliphatic heterocycles. The Hall–Kier alpha value is -4.31. The van der Waals surface area contributed by atoms with Crippen LogP contribution in [0.15, 0.2) is 104 Å². The third kappa shape index (κ3) is 5.32. The summed E-state index contributed by atoms with van der Waals surface area (Å²) in [7, 11) is 0. The van der Waals surface area contributed by atoms with Crippen molar-refractivity contribution in [3.8, 4) is 28.2 Å². The van der Waals surface area contributed by atoms with Gasteiger partial charge in [-0.2, -0.15) is 0 Å². The van der Waals surface area contributed by atoms with Crippen molar-refractivity contribution in [2.24, 2.45) is 0 Å². The number of imidazole rings is 1. The van der Waals surface area contributed by atoms with Crippen LogP contribution in [0.3, 0.4) is 0 Å². The monoisotopic (exact) mass is 668 g/mol. The van der Waals surface area contributed by atoms with E-state index in [1.54, 1.807) is 0 Å². The summed E-state index contributed by atoms with van der Waals surface area (Å²) in [5.41, 5.74) is 11.3. The van der Waals surface area contributed by atoms with E-state index in [1.807, 2.05) is 6.33 Å². The predicted molar refractivity (Wildman–Crippen MR) is 193 cm³/mol. The molecule has 230 valence electrons. The van der Waals surface area contributed by atoms with Crippen LogP contribution in [-0.2, 0) is 5.41 Å². The van der Waals surface area contributed by atoms with Gasteiger partial charge in [0.15, 0.2) is 0 Å². The number of hydrogen-bond acceptors (Lipinski definition) is 3. The van der Waals surface area contributed by atoms with E-state index in [-0.39, 0.29) is 19.9 Å². The number of hydrogen-bond donors (Lipinski definition) is 0. The van der Waals surface area contributed by atoms with E-state index in [0.717, 1.165) is 28.3 Å². The predicted octanol–water partition coefficient (Wildman–Crippen LogP) is 10.2. The summed E-state index contributed by atoms with van der Waals surface area (Å²) in [4.78, 5) is 15.1. The van der Waals surface area contributed by atoms with E-state index in [1.165, 1.54) is 47.4 Å². The van der Waals surface area contributed by atoms with Crippen LogP contribution in [0.4, 0.5) is 0 Å². The number of aryl methyl sites for hydroxylation is 1. The van der Waals surface area contributed by atoms with Crippen molar-refractivity contribution in [3.63, 3.8) is 0 Å². The number of aromatic nitrogens is 4. The SMILES string of the molecule is Cc1ccc2c(n1)[se]c1c(-c3cccc(C(C)(C)c4cccc(-c5cn(-c6c(C(C)C)cccc6C(C)C)cn5)c4)n3)cccc12. The van der Waals surface area contributed by atoms with E-state index in [9.17, 15) is 0 Å². The van der Waals surface area contributed by atoms with E-state index in [0.29, 0.717) is 11.8 Å². The van der Waals surface area contributed by atoms with Crippen LogP contribution in [0.1, 0.15) is 81.5 Å². The van der Waals surface area contributed by atoms with Gasteiger partial charge in [0.2, 0.25) is 0 Å². The van der Waals surface area contributed by atoms with Gasteiger partial charge in [-0.3, -0.25) is 0 Å². The van der Waals surface area contributed by atoms with Gasteiger partial charge in [-0.05, 0) is 23.0 Å². The number of pyridine rings is 2. The molecule has 7 rings (SSSR count). The van der Waals surface area contributed by atoms with Gasteiger partial charge < -0.3 is 0 Å². The third-order valence-electron chi connectivity index (χ3n) is 9.23. The van der Waals surface area contributed by atoms with Crippen LogP contribution in [0, 0.1) is 6.92 Å². The Balaban J connectivity index is 1.25. The summed E-state index contributed by atoms with van der Waals surface area (Å²) >= 11 is 0.157. The summed E-state index contributed by atoms with van der Waals surface area (Å²) < 4.78 is 4.82. The molecule has 7 aromatic rings. The second kappa shape index (κ2) is 11.8. The molecule has 4 aromatic heterocycles. The minimum atomic E-state index is -0.311. The Morgan fingerprint density at radius 3 is 2.20 bits per heavy atom. The Labute approximate surface area is 278 Å². The Morgan fingerprint density at radius 1 is 0.717 bits per heavy atom. The van der Waals surface area contributed by atoms with Crippen LogP contribution < -0.4 is 0 Å². The maximum atomic E-state index is 5.32. The molecule has 0 atom stereocenters. The Morgan fingerprint density at radius 2 is 1.43 bits per heavy atom. The van der Waals surface area contributed by atoms with Gasteiger partial charge >= 0.3 is 204 Å². The van der Waals surface area contributed by atoms with Gasteiger partial charge in [0.25, 0.3) is 0 Å². The summed E-state index contributed by atoms with van der Waals surface area (Å²) in [5, 5.41) is 2.57. The molecular weight excluding hydrogens is 627 g/mol. The van der Waals surface area contributed by atoms with Crippen molar-refractivity contribution < 1.29 is 0 Å². The van der Waals surface area contributed by atoms with Crippen molar-refractivity contribution >= 4 is 33.9 Å². The van der Waals surface area contributed by atoms with Crippen LogP contribution in [-0.4, -0.2) is 34.0 Å². The molecule has 0 unspecified atom stereocenters. The van der Waals surface area contributed by atoms with Crippen molar-refractivity contribution in [1.29, 1.82) is 0 Å². The third-order valence-corrected chi connectivity index (χ3v) is 11.6. The van der Waals surface area contributed by atoms with Crippen molar-refractivity contribution in [2.45, 2.75) is 65.7 Å². The summed E-state index contributed by atoms with van der Waals surface area (Å²) in [6.45, 7) is 15.7. The molecule has 0 aliphatic rings. The topological polar surface area (TPSA) is 43.6 Å². The average Bonchev–Trinajstić information content (AvgIpc) is 3.69. The van der Waals surface area contributed by atoms with Crippen LogP contribution in [0.5, 0.6) is 0 Å². The van der Waals surface area contributed by atoms with E-state index >= 15 is 0 Å². The zero-order chi connectivity index (χ0) is 32.2. The van der Waals surface area contributed by atoms with E-state index in [2.05, 4.69) is 150 Å². The van der Waals surface area contributed by atoms with Crippen molar-refractivity contribution in [3.05, 3.63) is 132 Å². The van der Waals surface area contributed by atoms with Gasteiger partial charge in [0.1, 0.15) is 0 Å². The fraction of sp³-hybridized carbons (Fsp3) is 0.244. The van der Waals surface area contributed by atoms with Gasteiger partial charge in [0, 0.05) is 0 Å². The zero-order valence-corrected chi connectivity index (χ0v) is 29.4. The Kier molecular flexibility index (Phi) is 7.79. The summed E-state index contributed by atoms with van der Waals surface area (Å²) in [6, 6.07) is 32.9. The zero-order valence-electron chi connectivity index (χ0n) is 27.7. The van der Waals surface area contributed by atoms with Crippen LogP contribution in [0.2, 0.25) is 0 Å². The number of benzene rings is 3. The molecule has 4 nitrogen and oxygen atoms in total. The minimum absolute atomic E-state index is 0.157. The number of rotatable bonds is 7. The van der Waals surface area contributed by atoms with E-state index < -0.39 is 0 Å². The molecule has 0 fully saturated rings. The fourth-order valence-corrected chi connectivity index (χ4v) is 9.13. The van der Waals surface area contributed by atoms with Crippen molar-refractivity contribution in [2.75, 3.05) is 0 Å². The van der Waals surface area contributed by atoms with Gasteiger partial charge in [-0.25, -0.2) is 0 Å².